The second kappa shape index (κ2) is 5.25. The lowest BCUT2D eigenvalue weighted by molar-refractivity contribution is 0.00105. The molecule has 0 bridgehead atoms. The van der Waals surface area contributed by atoms with Crippen molar-refractivity contribution in [2.75, 3.05) is 6.61 Å². The third-order valence-electron chi connectivity index (χ3n) is 2.80. The van der Waals surface area contributed by atoms with Gasteiger partial charge in [-0.15, -0.1) is 0 Å². The second-order valence-corrected chi connectivity index (χ2v) is 4.03. The highest BCUT2D eigenvalue weighted by Crippen LogP contribution is 2.20. The predicted molar refractivity (Wildman–Crippen MR) is 60.7 cm³/mol. The van der Waals surface area contributed by atoms with Crippen molar-refractivity contribution in [3.8, 4) is 0 Å². The van der Waals surface area contributed by atoms with Crippen molar-refractivity contribution in [2.45, 2.75) is 18.8 Å². The summed E-state index contributed by atoms with van der Waals surface area (Å²) in [7, 11) is 0. The van der Waals surface area contributed by atoms with Crippen LogP contribution in [-0.2, 0) is 11.3 Å². The molecule has 2 N–H and O–H groups in total. The van der Waals surface area contributed by atoms with Gasteiger partial charge in [-0.1, -0.05) is 42.5 Å². The van der Waals surface area contributed by atoms with Crippen LogP contribution in [0, 0.1) is 5.92 Å². The van der Waals surface area contributed by atoms with Gasteiger partial charge in [0.05, 0.1) is 25.4 Å². The van der Waals surface area contributed by atoms with Crippen molar-refractivity contribution in [1.29, 1.82) is 0 Å². The third-order valence-corrected chi connectivity index (χ3v) is 2.80. The van der Waals surface area contributed by atoms with Gasteiger partial charge in [0.15, 0.2) is 0 Å². The Morgan fingerprint density at radius 1 is 1.00 bits per heavy atom. The first-order valence-corrected chi connectivity index (χ1v) is 5.43. The highest BCUT2D eigenvalue weighted by molar-refractivity contribution is 5.13. The second-order valence-electron chi connectivity index (χ2n) is 4.03. The molecule has 0 aromatic heterocycles. The van der Waals surface area contributed by atoms with E-state index < -0.39 is 12.2 Å². The van der Waals surface area contributed by atoms with E-state index in [0.717, 1.165) is 5.56 Å². The van der Waals surface area contributed by atoms with Crippen LogP contribution >= 0.6 is 0 Å². The van der Waals surface area contributed by atoms with Gasteiger partial charge in [0.25, 0.3) is 0 Å². The van der Waals surface area contributed by atoms with E-state index in [1.54, 1.807) is 12.2 Å². The molecule has 1 aromatic rings. The summed E-state index contributed by atoms with van der Waals surface area (Å²) < 4.78 is 5.48. The molecule has 3 heteroatoms. The molecule has 16 heavy (non-hydrogen) atoms. The fourth-order valence-electron chi connectivity index (χ4n) is 1.80. The van der Waals surface area contributed by atoms with E-state index in [1.807, 2.05) is 30.3 Å². The predicted octanol–water partition coefficient (Wildman–Crippen LogP) is 1.11. The normalized spacial score (nSPS) is 28.5. The van der Waals surface area contributed by atoms with E-state index in [-0.39, 0.29) is 5.92 Å². The molecule has 0 heterocycles. The molecule has 86 valence electrons. The average Bonchev–Trinajstić information content (AvgIpc) is 2.62. The molecule has 1 aromatic carbocycles. The summed E-state index contributed by atoms with van der Waals surface area (Å²) in [5.41, 5.74) is 1.09. The Morgan fingerprint density at radius 3 is 2.25 bits per heavy atom. The number of aliphatic hydroxyl groups excluding tert-OH is 2. The fraction of sp³-hybridized carbons (Fsp3) is 0.385. The zero-order valence-corrected chi connectivity index (χ0v) is 8.99. The quantitative estimate of drug-likeness (QED) is 0.747. The van der Waals surface area contributed by atoms with Gasteiger partial charge in [0.1, 0.15) is 0 Å². The standard InChI is InChI=1S/C13H16O3/c14-12-6-7-13(15)11(12)9-16-8-10-4-2-1-3-5-10/h1-7,11-15H,8-9H2/t11?,12-,13+. The van der Waals surface area contributed by atoms with Crippen LogP contribution < -0.4 is 0 Å². The number of benzene rings is 1. The van der Waals surface area contributed by atoms with Gasteiger partial charge in [-0.2, -0.15) is 0 Å². The van der Waals surface area contributed by atoms with Crippen LogP contribution in [-0.4, -0.2) is 29.0 Å². The van der Waals surface area contributed by atoms with Crippen molar-refractivity contribution in [3.63, 3.8) is 0 Å². The molecule has 3 atom stereocenters. The van der Waals surface area contributed by atoms with E-state index in [2.05, 4.69) is 0 Å². The first-order chi connectivity index (χ1) is 7.77. The maximum Gasteiger partial charge on any atom is 0.0800 e. The molecule has 0 aliphatic heterocycles. The molecule has 0 fully saturated rings. The molecule has 1 aliphatic carbocycles. The summed E-state index contributed by atoms with van der Waals surface area (Å²) in [6.07, 6.45) is 2.04. The number of ether oxygens (including phenoxy) is 1. The summed E-state index contributed by atoms with van der Waals surface area (Å²) >= 11 is 0. The van der Waals surface area contributed by atoms with E-state index in [4.69, 9.17) is 4.74 Å². The van der Waals surface area contributed by atoms with Crippen LogP contribution in [0.25, 0.3) is 0 Å². The molecule has 0 spiro atoms. The molecule has 0 radical (unpaired) electrons. The summed E-state index contributed by atoms with van der Waals surface area (Å²) in [6.45, 7) is 0.876. The molecule has 0 amide bonds. The number of hydrogen-bond donors (Lipinski definition) is 2. The topological polar surface area (TPSA) is 49.7 Å². The first kappa shape index (κ1) is 11.3. The minimum absolute atomic E-state index is 0.233. The van der Waals surface area contributed by atoms with Gasteiger partial charge in [-0.3, -0.25) is 0 Å². The molecule has 2 rings (SSSR count). The highest BCUT2D eigenvalue weighted by atomic mass is 16.5. The van der Waals surface area contributed by atoms with Crippen LogP contribution in [0.2, 0.25) is 0 Å². The lowest BCUT2D eigenvalue weighted by Crippen LogP contribution is -2.28. The largest absolute Gasteiger partial charge is 0.389 e. The Bertz CT molecular complexity index is 335. The van der Waals surface area contributed by atoms with Gasteiger partial charge < -0.3 is 14.9 Å². The van der Waals surface area contributed by atoms with Gasteiger partial charge in [0.2, 0.25) is 0 Å². The summed E-state index contributed by atoms with van der Waals surface area (Å²) in [6, 6.07) is 9.84. The van der Waals surface area contributed by atoms with Crippen LogP contribution in [0.3, 0.4) is 0 Å². The zero-order chi connectivity index (χ0) is 11.4. The summed E-state index contributed by atoms with van der Waals surface area (Å²) in [4.78, 5) is 0. The molecule has 3 nitrogen and oxygen atoms in total. The lowest BCUT2D eigenvalue weighted by Gasteiger charge is -2.18. The summed E-state index contributed by atoms with van der Waals surface area (Å²) in [5, 5.41) is 19.1. The smallest absolute Gasteiger partial charge is 0.0800 e. The maximum atomic E-state index is 9.53. The van der Waals surface area contributed by atoms with Crippen molar-refractivity contribution in [3.05, 3.63) is 48.0 Å². The number of aliphatic hydroxyl groups is 2. The van der Waals surface area contributed by atoms with Crippen molar-refractivity contribution in [2.24, 2.45) is 5.92 Å². The Kier molecular flexibility index (Phi) is 3.72. The number of rotatable bonds is 4. The molecule has 1 aliphatic rings. The molecule has 1 unspecified atom stereocenters. The van der Waals surface area contributed by atoms with Gasteiger partial charge in [-0.05, 0) is 5.56 Å². The maximum absolute atomic E-state index is 9.53. The van der Waals surface area contributed by atoms with E-state index in [0.29, 0.717) is 13.2 Å². The van der Waals surface area contributed by atoms with Gasteiger partial charge in [0, 0.05) is 5.92 Å². The lowest BCUT2D eigenvalue weighted by atomic mass is 10.0. The monoisotopic (exact) mass is 220 g/mol. The van der Waals surface area contributed by atoms with Crippen molar-refractivity contribution >= 4 is 0 Å². The van der Waals surface area contributed by atoms with Gasteiger partial charge in [-0.25, -0.2) is 0 Å². The van der Waals surface area contributed by atoms with Crippen molar-refractivity contribution in [1.82, 2.24) is 0 Å². The Morgan fingerprint density at radius 2 is 1.62 bits per heavy atom. The molecular formula is C13H16O3. The van der Waals surface area contributed by atoms with E-state index in [1.165, 1.54) is 0 Å². The average molecular weight is 220 g/mol. The number of hydrogen-bond acceptors (Lipinski definition) is 3. The molecule has 0 saturated heterocycles. The van der Waals surface area contributed by atoms with Crippen molar-refractivity contribution < 1.29 is 14.9 Å². The fourth-order valence-corrected chi connectivity index (χ4v) is 1.80. The Balaban J connectivity index is 1.76. The minimum Gasteiger partial charge on any atom is -0.389 e. The van der Waals surface area contributed by atoms with Crippen LogP contribution in [0.1, 0.15) is 5.56 Å². The third kappa shape index (κ3) is 2.70. The molecular weight excluding hydrogens is 204 g/mol. The van der Waals surface area contributed by atoms with Crippen LogP contribution in [0.15, 0.2) is 42.5 Å². The SMILES string of the molecule is O[C@@H]1C=C[C@H](O)C1COCc1ccccc1. The van der Waals surface area contributed by atoms with E-state index in [9.17, 15) is 10.2 Å². The molecule has 0 saturated carbocycles. The Labute approximate surface area is 95.0 Å². The van der Waals surface area contributed by atoms with Gasteiger partial charge >= 0.3 is 0 Å². The first-order valence-electron chi connectivity index (χ1n) is 5.43. The minimum atomic E-state index is -0.592. The van der Waals surface area contributed by atoms with Crippen LogP contribution in [0.5, 0.6) is 0 Å². The zero-order valence-electron chi connectivity index (χ0n) is 8.99. The van der Waals surface area contributed by atoms with Crippen LogP contribution in [0.4, 0.5) is 0 Å². The Hall–Kier alpha value is -1.16. The highest BCUT2D eigenvalue weighted by Gasteiger charge is 2.28. The summed E-state index contributed by atoms with van der Waals surface area (Å²) in [5.74, 6) is -0.233. The van der Waals surface area contributed by atoms with E-state index >= 15 is 0 Å².